The molecule has 4 aromatic rings. The van der Waals surface area contributed by atoms with Crippen molar-refractivity contribution < 1.29 is 33.3 Å². The number of halogens is 6. The molecule has 1 atom stereocenters. The van der Waals surface area contributed by atoms with E-state index < -0.39 is 0 Å². The smallest absolute Gasteiger partial charge is 0.244 e. The fourth-order valence-corrected chi connectivity index (χ4v) is 4.68. The lowest BCUT2D eigenvalue weighted by Crippen LogP contribution is -3.00. The fourth-order valence-electron chi connectivity index (χ4n) is 3.49. The highest BCUT2D eigenvalue weighted by molar-refractivity contribution is 6.35. The molecule has 1 aromatic heterocycles. The number of rotatable bonds is 8. The standard InChI is InChI=1S/C25H20Cl5N2O.HI/c26-19-6-5-18(23(29)11-19)15-33-25(21-8-7-20(27)12-24(21)30)14-32-10-9-31(16-32)13-17-3-1-2-4-22(17)28;/h1-12,16,25H,13-15H2;1H/q+1;/p-1. The zero-order valence-corrected chi connectivity index (χ0v) is 23.7. The minimum atomic E-state index is -0.331. The third kappa shape index (κ3) is 7.26. The Morgan fingerprint density at radius 1 is 0.794 bits per heavy atom. The summed E-state index contributed by atoms with van der Waals surface area (Å²) in [6.07, 6.45) is 5.67. The van der Waals surface area contributed by atoms with Crippen molar-refractivity contribution in [2.75, 3.05) is 0 Å². The van der Waals surface area contributed by atoms with E-state index in [9.17, 15) is 0 Å². The molecule has 0 radical (unpaired) electrons. The Kier molecular flexibility index (Phi) is 10.4. The van der Waals surface area contributed by atoms with Gasteiger partial charge in [0.25, 0.3) is 0 Å². The van der Waals surface area contributed by atoms with Crippen LogP contribution in [0.2, 0.25) is 25.1 Å². The van der Waals surface area contributed by atoms with Gasteiger partial charge in [-0.25, -0.2) is 9.13 Å². The van der Waals surface area contributed by atoms with Crippen LogP contribution in [-0.4, -0.2) is 4.57 Å². The van der Waals surface area contributed by atoms with Gasteiger partial charge >= 0.3 is 0 Å². The Hall–Kier alpha value is -0.990. The van der Waals surface area contributed by atoms with Crippen LogP contribution in [0.1, 0.15) is 22.8 Å². The number of aromatic nitrogens is 2. The van der Waals surface area contributed by atoms with Crippen LogP contribution in [0.4, 0.5) is 0 Å². The van der Waals surface area contributed by atoms with Gasteiger partial charge < -0.3 is 28.7 Å². The largest absolute Gasteiger partial charge is 1.00 e. The molecule has 0 N–H and O–H groups in total. The monoisotopic (exact) mass is 666 g/mol. The molecule has 1 unspecified atom stereocenters. The Morgan fingerprint density at radius 2 is 1.50 bits per heavy atom. The minimum absolute atomic E-state index is 0. The zero-order valence-electron chi connectivity index (χ0n) is 17.8. The van der Waals surface area contributed by atoms with Crippen molar-refractivity contribution in [2.45, 2.75) is 25.8 Å². The average molecular weight is 669 g/mol. The second-order valence-corrected chi connectivity index (χ2v) is 9.67. The topological polar surface area (TPSA) is 18.0 Å². The number of ether oxygens (including phenoxy) is 1. The van der Waals surface area contributed by atoms with Gasteiger partial charge in [-0.15, -0.1) is 0 Å². The van der Waals surface area contributed by atoms with Crippen molar-refractivity contribution in [1.82, 2.24) is 4.57 Å². The molecule has 1 heterocycles. The van der Waals surface area contributed by atoms with Gasteiger partial charge in [0.15, 0.2) is 0 Å². The summed E-state index contributed by atoms with van der Waals surface area (Å²) in [6, 6.07) is 18.6. The van der Waals surface area contributed by atoms with Crippen LogP contribution in [-0.2, 0) is 24.4 Å². The van der Waals surface area contributed by atoms with Crippen LogP contribution < -0.4 is 28.5 Å². The van der Waals surface area contributed by atoms with E-state index in [4.69, 9.17) is 62.7 Å². The summed E-state index contributed by atoms with van der Waals surface area (Å²) >= 11 is 31.3. The quantitative estimate of drug-likeness (QED) is 0.190. The van der Waals surface area contributed by atoms with Crippen molar-refractivity contribution in [2.24, 2.45) is 0 Å². The van der Waals surface area contributed by atoms with E-state index in [1.165, 1.54) is 0 Å². The molecule has 9 heteroatoms. The van der Waals surface area contributed by atoms with Crippen LogP contribution in [0.25, 0.3) is 0 Å². The van der Waals surface area contributed by atoms with Crippen molar-refractivity contribution in [1.29, 1.82) is 0 Å². The Balaban J connectivity index is 0.00000324. The van der Waals surface area contributed by atoms with Gasteiger partial charge in [-0.1, -0.05) is 88.3 Å². The number of nitrogens with zero attached hydrogens (tertiary/aromatic N) is 2. The van der Waals surface area contributed by atoms with Crippen molar-refractivity contribution in [3.8, 4) is 0 Å². The van der Waals surface area contributed by atoms with Gasteiger partial charge in [-0.3, -0.25) is 0 Å². The lowest BCUT2D eigenvalue weighted by Gasteiger charge is -2.19. The molecule has 4 rings (SSSR count). The summed E-state index contributed by atoms with van der Waals surface area (Å²) in [6.45, 7) is 1.52. The second-order valence-electron chi connectivity index (χ2n) is 7.58. The van der Waals surface area contributed by atoms with E-state index >= 15 is 0 Å². The van der Waals surface area contributed by atoms with E-state index in [0.29, 0.717) is 39.8 Å². The van der Waals surface area contributed by atoms with Gasteiger partial charge in [0.2, 0.25) is 6.33 Å². The Morgan fingerprint density at radius 3 is 2.21 bits per heavy atom. The molecule has 0 saturated heterocycles. The summed E-state index contributed by atoms with van der Waals surface area (Å²) in [5.41, 5.74) is 2.74. The highest BCUT2D eigenvalue weighted by Gasteiger charge is 2.21. The molecular formula is C25H20Cl5IN2O. The summed E-state index contributed by atoms with van der Waals surface area (Å²) in [7, 11) is 0. The van der Waals surface area contributed by atoms with Gasteiger partial charge in [-0.2, -0.15) is 0 Å². The van der Waals surface area contributed by atoms with Crippen LogP contribution in [0, 0.1) is 0 Å². The number of hydrogen-bond acceptors (Lipinski definition) is 1. The third-order valence-corrected chi connectivity index (χ3v) is 6.72. The molecular weight excluding hydrogens is 648 g/mol. The third-order valence-electron chi connectivity index (χ3n) is 5.20. The van der Waals surface area contributed by atoms with E-state index in [1.54, 1.807) is 18.2 Å². The van der Waals surface area contributed by atoms with E-state index in [1.807, 2.05) is 61.2 Å². The predicted octanol–water partition coefficient (Wildman–Crippen LogP) is 5.05. The first-order chi connectivity index (χ1) is 15.9. The van der Waals surface area contributed by atoms with Gasteiger partial charge in [0, 0.05) is 36.2 Å². The van der Waals surface area contributed by atoms with Crippen LogP contribution in [0.15, 0.2) is 79.4 Å². The van der Waals surface area contributed by atoms with Crippen molar-refractivity contribution >= 4 is 58.0 Å². The first kappa shape index (κ1) is 27.6. The molecule has 3 aromatic carbocycles. The number of benzene rings is 3. The van der Waals surface area contributed by atoms with Crippen LogP contribution in [0.3, 0.4) is 0 Å². The molecule has 0 aliphatic carbocycles. The molecule has 0 bridgehead atoms. The van der Waals surface area contributed by atoms with Gasteiger partial charge in [0.1, 0.15) is 31.6 Å². The molecule has 0 fully saturated rings. The highest BCUT2D eigenvalue weighted by atomic mass is 127. The molecule has 0 spiro atoms. The maximum Gasteiger partial charge on any atom is 0.244 e. The lowest BCUT2D eigenvalue weighted by molar-refractivity contribution is -0.687. The summed E-state index contributed by atoms with van der Waals surface area (Å²) in [5.74, 6) is 0. The molecule has 0 aliphatic rings. The van der Waals surface area contributed by atoms with E-state index in [2.05, 4.69) is 9.13 Å². The first-order valence-corrected chi connectivity index (χ1v) is 12.1. The second kappa shape index (κ2) is 12.8. The Labute approximate surface area is 241 Å². The predicted molar refractivity (Wildman–Crippen MR) is 136 cm³/mol. The summed E-state index contributed by atoms with van der Waals surface area (Å²) in [4.78, 5) is 0. The first-order valence-electron chi connectivity index (χ1n) is 10.2. The highest BCUT2D eigenvalue weighted by Crippen LogP contribution is 2.31. The molecule has 178 valence electrons. The minimum Gasteiger partial charge on any atom is -1.00 e. The summed E-state index contributed by atoms with van der Waals surface area (Å²) in [5, 5.41) is 3.00. The molecule has 34 heavy (non-hydrogen) atoms. The van der Waals surface area contributed by atoms with E-state index in [-0.39, 0.29) is 30.1 Å². The maximum absolute atomic E-state index is 6.52. The average Bonchev–Trinajstić information content (AvgIpc) is 3.21. The van der Waals surface area contributed by atoms with Crippen LogP contribution >= 0.6 is 58.0 Å². The van der Waals surface area contributed by atoms with Crippen molar-refractivity contribution in [3.63, 3.8) is 0 Å². The molecule has 3 nitrogen and oxygen atoms in total. The maximum atomic E-state index is 6.52. The van der Waals surface area contributed by atoms with Crippen LogP contribution in [0.5, 0.6) is 0 Å². The fraction of sp³-hybridized carbons (Fsp3) is 0.160. The number of imidazole rings is 1. The molecule has 0 aliphatic heterocycles. The van der Waals surface area contributed by atoms with E-state index in [0.717, 1.165) is 21.7 Å². The molecule has 0 saturated carbocycles. The number of hydrogen-bond donors (Lipinski definition) is 0. The SMILES string of the molecule is Clc1ccc(COC(Cn2cc[n+](Cc3ccccc3Cl)c2)c2ccc(Cl)cc2Cl)c(Cl)c1.[I-]. The molecule has 0 amide bonds. The van der Waals surface area contributed by atoms with Gasteiger partial charge in [0.05, 0.1) is 6.61 Å². The Bertz CT molecular complexity index is 1260. The zero-order chi connectivity index (χ0) is 23.4. The van der Waals surface area contributed by atoms with Crippen molar-refractivity contribution in [3.05, 3.63) is 121 Å². The summed E-state index contributed by atoms with van der Waals surface area (Å²) < 4.78 is 10.4. The lowest BCUT2D eigenvalue weighted by atomic mass is 10.1. The van der Waals surface area contributed by atoms with Gasteiger partial charge in [-0.05, 0) is 35.9 Å². The normalized spacial score (nSPS) is 11.8.